The Kier molecular flexibility index (Phi) is 6.15. The monoisotopic (exact) mass is 227 g/mol. The molecule has 0 saturated carbocycles. The highest BCUT2D eigenvalue weighted by molar-refractivity contribution is 5.01. The highest BCUT2D eigenvalue weighted by atomic mass is 16.7. The number of rotatable bonds is 8. The van der Waals surface area contributed by atoms with E-state index in [2.05, 4.69) is 12.2 Å². The van der Waals surface area contributed by atoms with E-state index in [0.29, 0.717) is 0 Å². The van der Waals surface area contributed by atoms with Gasteiger partial charge in [-0.15, -0.1) is 0 Å². The summed E-state index contributed by atoms with van der Waals surface area (Å²) in [5, 5.41) is 3.40. The van der Waals surface area contributed by atoms with Crippen LogP contribution in [0.1, 0.15) is 19.1 Å². The van der Waals surface area contributed by atoms with Gasteiger partial charge >= 0.3 is 0 Å². The molecule has 0 spiro atoms. The average molecular weight is 227 g/mol. The van der Waals surface area contributed by atoms with E-state index in [1.54, 1.807) is 20.5 Å². The van der Waals surface area contributed by atoms with E-state index < -0.39 is 0 Å². The average Bonchev–Trinajstić information content (AvgIpc) is 2.80. The predicted octanol–water partition coefficient (Wildman–Crippen LogP) is 1.81. The minimum absolute atomic E-state index is 0.112. The van der Waals surface area contributed by atoms with Crippen LogP contribution in [-0.2, 0) is 15.9 Å². The maximum Gasteiger partial charge on any atom is 0.172 e. The molecule has 16 heavy (non-hydrogen) atoms. The van der Waals surface area contributed by atoms with Gasteiger partial charge in [-0.2, -0.15) is 0 Å². The highest BCUT2D eigenvalue weighted by Gasteiger charge is 2.21. The first kappa shape index (κ1) is 13.2. The number of nitrogens with one attached hydrogen (secondary N) is 1. The predicted molar refractivity (Wildman–Crippen MR) is 62.3 cm³/mol. The molecule has 1 rings (SSSR count). The molecule has 4 nitrogen and oxygen atoms in total. The largest absolute Gasteiger partial charge is 0.469 e. The summed E-state index contributed by atoms with van der Waals surface area (Å²) in [4.78, 5) is 0. The molecule has 1 aromatic heterocycles. The lowest BCUT2D eigenvalue weighted by atomic mass is 10.1. The van der Waals surface area contributed by atoms with Gasteiger partial charge in [0.2, 0.25) is 0 Å². The van der Waals surface area contributed by atoms with E-state index in [1.807, 2.05) is 12.1 Å². The molecule has 0 bridgehead atoms. The van der Waals surface area contributed by atoms with Gasteiger partial charge in [-0.25, -0.2) is 0 Å². The third-order valence-electron chi connectivity index (χ3n) is 2.45. The Balaban J connectivity index is 2.55. The maximum atomic E-state index is 5.33. The summed E-state index contributed by atoms with van der Waals surface area (Å²) in [5.74, 6) is 0.938. The van der Waals surface area contributed by atoms with E-state index in [9.17, 15) is 0 Å². The summed E-state index contributed by atoms with van der Waals surface area (Å²) in [6, 6.07) is 3.96. The molecule has 1 unspecified atom stereocenters. The van der Waals surface area contributed by atoms with Crippen LogP contribution < -0.4 is 5.32 Å². The van der Waals surface area contributed by atoms with Gasteiger partial charge in [0.25, 0.3) is 0 Å². The second-order valence-corrected chi connectivity index (χ2v) is 3.68. The molecule has 0 radical (unpaired) electrons. The smallest absolute Gasteiger partial charge is 0.172 e. The molecule has 0 fully saturated rings. The van der Waals surface area contributed by atoms with Crippen molar-refractivity contribution < 1.29 is 13.9 Å². The topological polar surface area (TPSA) is 43.6 Å². The lowest BCUT2D eigenvalue weighted by molar-refractivity contribution is -0.123. The van der Waals surface area contributed by atoms with Crippen molar-refractivity contribution >= 4 is 0 Å². The van der Waals surface area contributed by atoms with Gasteiger partial charge in [-0.3, -0.25) is 0 Å². The molecule has 1 heterocycles. The Morgan fingerprint density at radius 3 is 2.62 bits per heavy atom. The molecule has 4 heteroatoms. The zero-order chi connectivity index (χ0) is 11.8. The van der Waals surface area contributed by atoms with E-state index in [-0.39, 0.29) is 12.3 Å². The molecule has 1 N–H and O–H groups in total. The van der Waals surface area contributed by atoms with Crippen molar-refractivity contribution in [1.82, 2.24) is 5.32 Å². The molecule has 0 aliphatic rings. The minimum Gasteiger partial charge on any atom is -0.469 e. The zero-order valence-corrected chi connectivity index (χ0v) is 10.2. The zero-order valence-electron chi connectivity index (χ0n) is 10.2. The van der Waals surface area contributed by atoms with E-state index in [4.69, 9.17) is 13.9 Å². The fourth-order valence-electron chi connectivity index (χ4n) is 1.66. The third-order valence-corrected chi connectivity index (χ3v) is 2.45. The normalized spacial score (nSPS) is 13.2. The summed E-state index contributed by atoms with van der Waals surface area (Å²) in [5.41, 5.74) is 0. The molecular weight excluding hydrogens is 206 g/mol. The summed E-state index contributed by atoms with van der Waals surface area (Å²) in [7, 11) is 3.30. The Labute approximate surface area is 96.9 Å². The van der Waals surface area contributed by atoms with Gasteiger partial charge < -0.3 is 19.2 Å². The molecule has 0 saturated heterocycles. The first-order valence-electron chi connectivity index (χ1n) is 5.63. The lowest BCUT2D eigenvalue weighted by Crippen LogP contribution is -2.43. The molecule has 0 amide bonds. The van der Waals surface area contributed by atoms with Crippen molar-refractivity contribution in [3.8, 4) is 0 Å². The van der Waals surface area contributed by atoms with Crippen molar-refractivity contribution in [2.75, 3.05) is 20.8 Å². The van der Waals surface area contributed by atoms with Crippen LogP contribution in [0.15, 0.2) is 22.8 Å². The molecule has 0 aliphatic carbocycles. The minimum atomic E-state index is -0.253. The SMILES string of the molecule is CCCNC(Cc1ccco1)C(OC)OC. The van der Waals surface area contributed by atoms with Crippen LogP contribution in [0.5, 0.6) is 0 Å². The Hall–Kier alpha value is -0.840. The summed E-state index contributed by atoms with van der Waals surface area (Å²) >= 11 is 0. The summed E-state index contributed by atoms with van der Waals surface area (Å²) in [6.07, 6.45) is 3.27. The van der Waals surface area contributed by atoms with Crippen LogP contribution in [0.2, 0.25) is 0 Å². The Morgan fingerprint density at radius 2 is 2.12 bits per heavy atom. The van der Waals surface area contributed by atoms with Gasteiger partial charge in [-0.1, -0.05) is 6.92 Å². The first-order valence-corrected chi connectivity index (χ1v) is 5.63. The van der Waals surface area contributed by atoms with Crippen LogP contribution in [0, 0.1) is 0 Å². The van der Waals surface area contributed by atoms with Crippen LogP contribution in [0.25, 0.3) is 0 Å². The summed E-state index contributed by atoms with van der Waals surface area (Å²) < 4.78 is 15.9. The van der Waals surface area contributed by atoms with Crippen molar-refractivity contribution in [3.63, 3.8) is 0 Å². The quantitative estimate of drug-likeness (QED) is 0.688. The highest BCUT2D eigenvalue weighted by Crippen LogP contribution is 2.09. The number of ether oxygens (including phenoxy) is 2. The Morgan fingerprint density at radius 1 is 1.38 bits per heavy atom. The van der Waals surface area contributed by atoms with Gasteiger partial charge in [0.05, 0.1) is 12.3 Å². The van der Waals surface area contributed by atoms with E-state index >= 15 is 0 Å². The van der Waals surface area contributed by atoms with Crippen molar-refractivity contribution in [2.45, 2.75) is 32.1 Å². The molecule has 1 atom stereocenters. The maximum absolute atomic E-state index is 5.33. The Bertz CT molecular complexity index is 257. The van der Waals surface area contributed by atoms with Crippen molar-refractivity contribution in [3.05, 3.63) is 24.2 Å². The third kappa shape index (κ3) is 3.96. The molecule has 0 aromatic carbocycles. The van der Waals surface area contributed by atoms with Gasteiger partial charge in [0.1, 0.15) is 5.76 Å². The second-order valence-electron chi connectivity index (χ2n) is 3.68. The number of hydrogen-bond donors (Lipinski definition) is 1. The second kappa shape index (κ2) is 7.44. The van der Waals surface area contributed by atoms with Crippen molar-refractivity contribution in [1.29, 1.82) is 0 Å². The molecule has 92 valence electrons. The van der Waals surface area contributed by atoms with Crippen LogP contribution in [0.4, 0.5) is 0 Å². The van der Waals surface area contributed by atoms with Crippen LogP contribution >= 0.6 is 0 Å². The molecule has 0 aliphatic heterocycles. The number of hydrogen-bond acceptors (Lipinski definition) is 4. The summed E-state index contributed by atoms with van der Waals surface area (Å²) in [6.45, 7) is 3.07. The lowest BCUT2D eigenvalue weighted by Gasteiger charge is -2.25. The van der Waals surface area contributed by atoms with E-state index in [1.165, 1.54) is 0 Å². The van der Waals surface area contributed by atoms with Crippen LogP contribution in [-0.4, -0.2) is 33.1 Å². The first-order chi connectivity index (χ1) is 7.81. The molecular formula is C12H21NO3. The van der Waals surface area contributed by atoms with Gasteiger partial charge in [-0.05, 0) is 25.1 Å². The van der Waals surface area contributed by atoms with Crippen molar-refractivity contribution in [2.24, 2.45) is 0 Å². The van der Waals surface area contributed by atoms with Gasteiger partial charge in [0.15, 0.2) is 6.29 Å². The van der Waals surface area contributed by atoms with Gasteiger partial charge in [0, 0.05) is 20.6 Å². The number of furan rings is 1. The standard InChI is InChI=1S/C12H21NO3/c1-4-7-13-11(12(14-2)15-3)9-10-6-5-8-16-10/h5-6,8,11-13H,4,7,9H2,1-3H3. The van der Waals surface area contributed by atoms with E-state index in [0.717, 1.165) is 25.1 Å². The molecule has 1 aromatic rings. The number of methoxy groups -OCH3 is 2. The van der Waals surface area contributed by atoms with Crippen LogP contribution in [0.3, 0.4) is 0 Å². The fourth-order valence-corrected chi connectivity index (χ4v) is 1.66. The fraction of sp³-hybridized carbons (Fsp3) is 0.667.